The van der Waals surface area contributed by atoms with Gasteiger partial charge in [-0.2, -0.15) is 4.98 Å². The third kappa shape index (κ3) is 9.22. The maximum Gasteiger partial charge on any atom is 0.410 e. The zero-order valence-electron chi connectivity index (χ0n) is 28.9. The summed E-state index contributed by atoms with van der Waals surface area (Å²) < 4.78 is 16.1. The van der Waals surface area contributed by atoms with Gasteiger partial charge in [0.25, 0.3) is 5.91 Å². The van der Waals surface area contributed by atoms with Crippen molar-refractivity contribution in [2.45, 2.75) is 73.2 Å². The number of hydrogen-bond acceptors (Lipinski definition) is 10. The average molecular weight is 650 g/mol. The monoisotopic (exact) mass is 649 g/mol. The van der Waals surface area contributed by atoms with Crippen molar-refractivity contribution in [1.29, 1.82) is 0 Å². The summed E-state index contributed by atoms with van der Waals surface area (Å²) in [5, 5.41) is 10.7. The van der Waals surface area contributed by atoms with Crippen LogP contribution >= 0.6 is 0 Å². The molecule has 1 N–H and O–H groups in total. The Morgan fingerprint density at radius 3 is 2.38 bits per heavy atom. The third-order valence-electron chi connectivity index (χ3n) is 7.90. The zero-order chi connectivity index (χ0) is 34.5. The molecule has 1 aromatic heterocycles. The molecule has 2 aromatic carbocycles. The van der Waals surface area contributed by atoms with Gasteiger partial charge in [-0.05, 0) is 76.4 Å². The third-order valence-corrected chi connectivity index (χ3v) is 7.90. The predicted octanol–water partition coefficient (Wildman–Crippen LogP) is 4.64. The molecule has 0 spiro atoms. The van der Waals surface area contributed by atoms with Gasteiger partial charge in [0.15, 0.2) is 0 Å². The Bertz CT molecular complexity index is 1580. The van der Waals surface area contributed by atoms with Crippen LogP contribution in [0.25, 0.3) is 11.4 Å². The second-order valence-electron chi connectivity index (χ2n) is 13.0. The minimum absolute atomic E-state index is 0.0738. The number of carbonyl (C=O) groups is 3. The van der Waals surface area contributed by atoms with Crippen LogP contribution in [0.5, 0.6) is 5.75 Å². The highest BCUT2D eigenvalue weighted by Crippen LogP contribution is 2.28. The lowest BCUT2D eigenvalue weighted by Crippen LogP contribution is -2.51. The fraction of sp³-hybridized carbons (Fsp3) is 0.500. The quantitative estimate of drug-likeness (QED) is 0.296. The van der Waals surface area contributed by atoms with Gasteiger partial charge >= 0.3 is 6.09 Å². The molecule has 0 atom stereocenters. The van der Waals surface area contributed by atoms with Crippen molar-refractivity contribution in [1.82, 2.24) is 30.0 Å². The molecule has 3 aromatic rings. The molecule has 0 unspecified atom stereocenters. The Kier molecular flexibility index (Phi) is 11.1. The van der Waals surface area contributed by atoms with Crippen LogP contribution < -0.4 is 10.1 Å². The molecule has 13 nitrogen and oxygen atoms in total. The smallest absolute Gasteiger partial charge is 0.410 e. The van der Waals surface area contributed by atoms with E-state index in [1.54, 1.807) is 31.0 Å². The van der Waals surface area contributed by atoms with Gasteiger partial charge in [0, 0.05) is 57.4 Å². The first kappa shape index (κ1) is 35.2. The Balaban J connectivity index is 1.49. The molecule has 0 fully saturated rings. The highest BCUT2D eigenvalue weighted by molar-refractivity contribution is 5.87. The molecule has 0 saturated carbocycles. The molecule has 4 rings (SSSR count). The number of anilines is 1. The first-order chi connectivity index (χ1) is 22.1. The van der Waals surface area contributed by atoms with E-state index >= 15 is 0 Å². The van der Waals surface area contributed by atoms with E-state index in [9.17, 15) is 14.4 Å². The summed E-state index contributed by atoms with van der Waals surface area (Å²) in [4.78, 5) is 47.8. The fourth-order valence-corrected chi connectivity index (χ4v) is 5.17. The second kappa shape index (κ2) is 14.8. The van der Waals surface area contributed by atoms with E-state index in [-0.39, 0.29) is 44.0 Å². The Morgan fingerprint density at radius 2 is 1.74 bits per heavy atom. The van der Waals surface area contributed by atoms with E-state index in [4.69, 9.17) is 14.0 Å². The fourth-order valence-electron chi connectivity index (χ4n) is 5.17. The zero-order valence-corrected chi connectivity index (χ0v) is 28.9. The van der Waals surface area contributed by atoms with Crippen molar-refractivity contribution in [2.24, 2.45) is 0 Å². The summed E-state index contributed by atoms with van der Waals surface area (Å²) in [5.41, 5.74) is 3.91. The summed E-state index contributed by atoms with van der Waals surface area (Å²) in [6.45, 7) is 14.0. The number of likely N-dealkylation sites (N-methyl/N-ethyl adjacent to an activating group) is 1. The molecule has 1 aliphatic heterocycles. The number of benzene rings is 2. The van der Waals surface area contributed by atoms with Gasteiger partial charge in [-0.1, -0.05) is 23.4 Å². The van der Waals surface area contributed by atoms with Crippen LogP contribution in [0.4, 0.5) is 10.5 Å². The largest absolute Gasteiger partial charge is 0.497 e. The normalized spacial score (nSPS) is 12.9. The summed E-state index contributed by atoms with van der Waals surface area (Å²) in [6, 6.07) is 11.4. The van der Waals surface area contributed by atoms with Crippen LogP contribution in [0, 0.1) is 13.8 Å². The van der Waals surface area contributed by atoms with Crippen molar-refractivity contribution < 1.29 is 28.4 Å². The van der Waals surface area contributed by atoms with E-state index < -0.39 is 11.7 Å². The van der Waals surface area contributed by atoms with Gasteiger partial charge in [-0.15, -0.1) is 0 Å². The predicted molar refractivity (Wildman–Crippen MR) is 177 cm³/mol. The Labute approximate surface area is 276 Å². The van der Waals surface area contributed by atoms with Crippen molar-refractivity contribution in [2.75, 3.05) is 45.7 Å². The van der Waals surface area contributed by atoms with Crippen molar-refractivity contribution in [3.8, 4) is 17.1 Å². The van der Waals surface area contributed by atoms with E-state index in [0.29, 0.717) is 24.8 Å². The molecule has 0 bridgehead atoms. The topological polar surface area (TPSA) is 134 Å². The van der Waals surface area contributed by atoms with E-state index in [1.165, 1.54) is 4.90 Å². The van der Waals surface area contributed by atoms with Gasteiger partial charge in [-0.25, -0.2) is 9.80 Å². The number of fused-ring (bicyclic) bond motifs is 1. The molecule has 254 valence electrons. The lowest BCUT2D eigenvalue weighted by molar-refractivity contribution is -0.151. The van der Waals surface area contributed by atoms with Gasteiger partial charge in [-0.3, -0.25) is 14.6 Å². The van der Waals surface area contributed by atoms with E-state index in [2.05, 4.69) is 15.5 Å². The molecular weight excluding hydrogens is 602 g/mol. The Hall–Kier alpha value is -4.65. The van der Waals surface area contributed by atoms with E-state index in [1.807, 2.05) is 82.9 Å². The van der Waals surface area contributed by atoms with Crippen LogP contribution in [-0.4, -0.2) is 99.8 Å². The maximum absolute atomic E-state index is 13.8. The van der Waals surface area contributed by atoms with Crippen molar-refractivity contribution in [3.05, 3.63) is 59.0 Å². The minimum atomic E-state index is -0.674. The molecule has 0 saturated heterocycles. The summed E-state index contributed by atoms with van der Waals surface area (Å²) in [7, 11) is 3.34. The van der Waals surface area contributed by atoms with Crippen LogP contribution in [0.15, 0.2) is 40.9 Å². The number of amides is 3. The van der Waals surface area contributed by atoms with Crippen LogP contribution in [-0.2, 0) is 27.4 Å². The number of rotatable bonds is 12. The first-order valence-corrected chi connectivity index (χ1v) is 15.7. The van der Waals surface area contributed by atoms with Crippen molar-refractivity contribution >= 4 is 23.6 Å². The molecule has 47 heavy (non-hydrogen) atoms. The van der Waals surface area contributed by atoms with Gasteiger partial charge < -0.3 is 29.1 Å². The lowest BCUT2D eigenvalue weighted by Gasteiger charge is -2.33. The second-order valence-corrected chi connectivity index (χ2v) is 13.0. The van der Waals surface area contributed by atoms with Crippen LogP contribution in [0.3, 0.4) is 0 Å². The Morgan fingerprint density at radius 1 is 1.02 bits per heavy atom. The number of hydrazine groups is 1. The average Bonchev–Trinajstić information content (AvgIpc) is 3.64. The first-order valence-electron chi connectivity index (χ1n) is 15.7. The number of nitrogens with zero attached hydrogens (tertiary/aromatic N) is 6. The molecule has 3 amide bonds. The molecule has 2 heterocycles. The number of methoxy groups -OCH3 is 1. The van der Waals surface area contributed by atoms with Gasteiger partial charge in [0.2, 0.25) is 17.6 Å². The summed E-state index contributed by atoms with van der Waals surface area (Å²) in [6.07, 6.45) is -0.476. The number of carbonyl (C=O) groups excluding carboxylic acids is 3. The molecule has 1 aliphatic rings. The summed E-state index contributed by atoms with van der Waals surface area (Å²) in [5.74, 6) is 1.11. The van der Waals surface area contributed by atoms with Gasteiger partial charge in [0.1, 0.15) is 17.9 Å². The van der Waals surface area contributed by atoms with Crippen LogP contribution in [0.1, 0.15) is 57.2 Å². The number of ether oxygens (including phenoxy) is 2. The highest BCUT2D eigenvalue weighted by Gasteiger charge is 2.29. The molecular formula is C34H47N7O6. The number of nitrogens with one attached hydrogen (secondary N) is 1. The van der Waals surface area contributed by atoms with Crippen LogP contribution in [0.2, 0.25) is 0 Å². The molecule has 13 heteroatoms. The number of aryl methyl sites for hydroxylation is 2. The number of aromatic nitrogens is 2. The standard InChI is InChI=1S/C34H47N7O6/c1-22(2)41(33(44)46-34(5,6)7)15-14-39(21-31(43)38(8)40-19-26-12-13-28(45-9)16-27(26)20-40)30(42)18-35-29-17-25(11-10-23(29)3)32-36-24(4)47-37-32/h10-13,16-17,22,35H,14-15,18-21H2,1-9H3. The minimum Gasteiger partial charge on any atom is -0.497 e. The summed E-state index contributed by atoms with van der Waals surface area (Å²) >= 11 is 0. The maximum atomic E-state index is 13.8. The molecule has 0 aliphatic carbocycles. The SMILES string of the molecule is COc1ccc2c(c1)CN(N(C)C(=O)CN(CCN(C(=O)OC(C)(C)C)C(C)C)C(=O)CNc1cc(-c3noc(C)n3)ccc1C)C2. The number of hydrogen-bond donors (Lipinski definition) is 1. The lowest BCUT2D eigenvalue weighted by atomic mass is 10.1. The van der Waals surface area contributed by atoms with E-state index in [0.717, 1.165) is 33.7 Å². The highest BCUT2D eigenvalue weighted by atomic mass is 16.6. The van der Waals surface area contributed by atoms with Crippen molar-refractivity contribution in [3.63, 3.8) is 0 Å². The van der Waals surface area contributed by atoms with Gasteiger partial charge in [0.05, 0.1) is 13.7 Å². The molecule has 0 radical (unpaired) electrons.